The highest BCUT2D eigenvalue weighted by atomic mass is 32.1. The lowest BCUT2D eigenvalue weighted by atomic mass is 10.3. The van der Waals surface area contributed by atoms with Gasteiger partial charge in [0.25, 0.3) is 0 Å². The van der Waals surface area contributed by atoms with E-state index < -0.39 is 0 Å². The van der Waals surface area contributed by atoms with E-state index in [0.717, 1.165) is 22.1 Å². The molecule has 0 bridgehead atoms. The van der Waals surface area contributed by atoms with E-state index in [-0.39, 0.29) is 6.10 Å². The number of benzene rings is 1. The van der Waals surface area contributed by atoms with Crippen LogP contribution in [0.5, 0.6) is 5.75 Å². The van der Waals surface area contributed by atoms with Crippen molar-refractivity contribution in [3.05, 3.63) is 47.7 Å². The number of nitrogens with one attached hydrogen (secondary N) is 1. The predicted molar refractivity (Wildman–Crippen MR) is 94.2 cm³/mol. The molecule has 0 radical (unpaired) electrons. The van der Waals surface area contributed by atoms with Gasteiger partial charge in [0.1, 0.15) is 5.75 Å². The van der Waals surface area contributed by atoms with Crippen molar-refractivity contribution in [2.75, 3.05) is 5.32 Å². The van der Waals surface area contributed by atoms with Gasteiger partial charge in [-0.1, -0.05) is 0 Å². The Kier molecular flexibility index (Phi) is 4.47. The van der Waals surface area contributed by atoms with Crippen molar-refractivity contribution in [3.8, 4) is 5.75 Å². The molecule has 0 spiro atoms. The quantitative estimate of drug-likeness (QED) is 0.557. The van der Waals surface area contributed by atoms with Crippen molar-refractivity contribution in [3.63, 3.8) is 0 Å². The maximum absolute atomic E-state index is 5.92. The van der Waals surface area contributed by atoms with Crippen LogP contribution in [0.1, 0.15) is 19.5 Å². The van der Waals surface area contributed by atoms with Crippen LogP contribution in [0.4, 0.5) is 5.69 Å². The number of hydrogen-bond donors (Lipinski definition) is 2. The van der Waals surface area contributed by atoms with Crippen LogP contribution in [0.2, 0.25) is 0 Å². The summed E-state index contributed by atoms with van der Waals surface area (Å²) in [5.41, 5.74) is 7.68. The Labute approximate surface area is 138 Å². The molecule has 2 aromatic heterocycles. The molecule has 0 saturated heterocycles. The summed E-state index contributed by atoms with van der Waals surface area (Å²) >= 11 is 1.60. The first-order valence-electron chi connectivity index (χ1n) is 7.35. The molecule has 3 aromatic rings. The average Bonchev–Trinajstić information content (AvgIpc) is 3.08. The lowest BCUT2D eigenvalue weighted by molar-refractivity contribution is 0.242. The molecule has 0 aliphatic rings. The van der Waals surface area contributed by atoms with E-state index in [1.807, 2.05) is 60.3 Å². The zero-order valence-corrected chi connectivity index (χ0v) is 13.9. The fraction of sp³-hybridized carbons (Fsp3) is 0.250. The van der Waals surface area contributed by atoms with Crippen LogP contribution in [0.15, 0.2) is 47.0 Å². The number of aliphatic imine (C=N–C) groups is 1. The zero-order valence-electron chi connectivity index (χ0n) is 13.1. The molecule has 7 heteroatoms. The number of anilines is 1. The number of nitrogens with zero attached hydrogens (tertiary/aromatic N) is 3. The number of imidazole rings is 1. The third kappa shape index (κ3) is 4.01. The first-order valence-corrected chi connectivity index (χ1v) is 8.23. The highest BCUT2D eigenvalue weighted by Gasteiger charge is 2.02. The van der Waals surface area contributed by atoms with Gasteiger partial charge in [-0.15, -0.1) is 11.3 Å². The zero-order chi connectivity index (χ0) is 16.2. The minimum absolute atomic E-state index is 0.157. The monoisotopic (exact) mass is 329 g/mol. The second-order valence-corrected chi connectivity index (χ2v) is 6.22. The summed E-state index contributed by atoms with van der Waals surface area (Å²) in [6, 6.07) is 7.62. The second-order valence-electron chi connectivity index (χ2n) is 5.34. The summed E-state index contributed by atoms with van der Waals surface area (Å²) in [7, 11) is 0. The fourth-order valence-electron chi connectivity index (χ4n) is 2.09. The van der Waals surface area contributed by atoms with Crippen LogP contribution < -0.4 is 15.8 Å². The minimum atomic E-state index is 0.157. The normalized spacial score (nSPS) is 12.0. The Morgan fingerprint density at radius 3 is 2.87 bits per heavy atom. The lowest BCUT2D eigenvalue weighted by Crippen LogP contribution is -2.22. The molecule has 120 valence electrons. The predicted octanol–water partition coefficient (Wildman–Crippen LogP) is 3.11. The molecule has 2 heterocycles. The first-order chi connectivity index (χ1) is 11.1. The van der Waals surface area contributed by atoms with Crippen LogP contribution in [-0.2, 0) is 6.54 Å². The van der Waals surface area contributed by atoms with E-state index in [9.17, 15) is 0 Å². The van der Waals surface area contributed by atoms with Crippen molar-refractivity contribution in [2.24, 2.45) is 10.7 Å². The summed E-state index contributed by atoms with van der Waals surface area (Å²) in [4.78, 5) is 9.74. The van der Waals surface area contributed by atoms with Crippen LogP contribution in [0.25, 0.3) is 4.96 Å². The molecular weight excluding hydrogens is 310 g/mol. The first kappa shape index (κ1) is 15.4. The number of hydrogen-bond acceptors (Lipinski definition) is 4. The summed E-state index contributed by atoms with van der Waals surface area (Å²) in [5, 5.41) is 5.06. The van der Waals surface area contributed by atoms with E-state index in [2.05, 4.69) is 15.3 Å². The van der Waals surface area contributed by atoms with Gasteiger partial charge in [-0.3, -0.25) is 4.40 Å². The van der Waals surface area contributed by atoms with E-state index >= 15 is 0 Å². The molecule has 0 atom stereocenters. The molecule has 3 rings (SSSR count). The van der Waals surface area contributed by atoms with Gasteiger partial charge in [0.05, 0.1) is 18.3 Å². The molecule has 0 aliphatic heterocycles. The summed E-state index contributed by atoms with van der Waals surface area (Å²) in [6.45, 7) is 4.44. The van der Waals surface area contributed by atoms with E-state index in [4.69, 9.17) is 10.5 Å². The highest BCUT2D eigenvalue weighted by Crippen LogP contribution is 2.17. The molecule has 0 unspecified atom stereocenters. The standard InChI is InChI=1S/C16H19N5OS/c1-11(2)22-14-5-3-12(4-6-14)19-15(17)18-9-13-10-21-7-8-23-16(21)20-13/h3-8,10-11H,9H2,1-2H3,(H3,17,18,19). The van der Waals surface area contributed by atoms with Gasteiger partial charge in [0.2, 0.25) is 0 Å². The Balaban J connectivity index is 1.59. The SMILES string of the molecule is CC(C)Oc1ccc(NC(N)=NCc2cn3ccsc3n2)cc1. The van der Waals surface area contributed by atoms with Crippen molar-refractivity contribution < 1.29 is 4.74 Å². The number of aromatic nitrogens is 2. The van der Waals surface area contributed by atoms with Gasteiger partial charge in [0.15, 0.2) is 10.9 Å². The summed E-state index contributed by atoms with van der Waals surface area (Å²) < 4.78 is 7.58. The lowest BCUT2D eigenvalue weighted by Gasteiger charge is -2.10. The third-order valence-electron chi connectivity index (χ3n) is 3.05. The number of rotatable bonds is 5. The van der Waals surface area contributed by atoms with Gasteiger partial charge in [-0.25, -0.2) is 9.98 Å². The van der Waals surface area contributed by atoms with Gasteiger partial charge in [-0.05, 0) is 38.1 Å². The van der Waals surface area contributed by atoms with Gasteiger partial charge in [-0.2, -0.15) is 0 Å². The van der Waals surface area contributed by atoms with E-state index in [1.165, 1.54) is 0 Å². The minimum Gasteiger partial charge on any atom is -0.491 e. The Morgan fingerprint density at radius 2 is 2.17 bits per heavy atom. The Bertz CT molecular complexity index is 775. The molecule has 0 aliphatic carbocycles. The largest absolute Gasteiger partial charge is 0.491 e. The van der Waals surface area contributed by atoms with Crippen molar-refractivity contribution in [1.82, 2.24) is 9.38 Å². The molecule has 1 aromatic carbocycles. The number of guanidine groups is 1. The van der Waals surface area contributed by atoms with E-state index in [1.54, 1.807) is 11.3 Å². The molecule has 0 fully saturated rings. The van der Waals surface area contributed by atoms with Crippen molar-refractivity contribution in [1.29, 1.82) is 0 Å². The summed E-state index contributed by atoms with van der Waals surface area (Å²) in [5.74, 6) is 1.19. The van der Waals surface area contributed by atoms with Crippen LogP contribution in [0, 0.1) is 0 Å². The fourth-order valence-corrected chi connectivity index (χ4v) is 2.81. The third-order valence-corrected chi connectivity index (χ3v) is 3.82. The molecule has 0 amide bonds. The molecular formula is C16H19N5OS. The maximum Gasteiger partial charge on any atom is 0.193 e. The molecule has 6 nitrogen and oxygen atoms in total. The molecule has 23 heavy (non-hydrogen) atoms. The van der Waals surface area contributed by atoms with Gasteiger partial charge >= 0.3 is 0 Å². The van der Waals surface area contributed by atoms with Crippen molar-refractivity contribution in [2.45, 2.75) is 26.5 Å². The van der Waals surface area contributed by atoms with Crippen LogP contribution >= 0.6 is 11.3 Å². The summed E-state index contributed by atoms with van der Waals surface area (Å²) in [6.07, 6.45) is 4.09. The molecule has 3 N–H and O–H groups in total. The van der Waals surface area contributed by atoms with E-state index in [0.29, 0.717) is 12.5 Å². The number of nitrogens with two attached hydrogens (primary N) is 1. The Hall–Kier alpha value is -2.54. The van der Waals surface area contributed by atoms with Crippen LogP contribution in [0.3, 0.4) is 0 Å². The number of ether oxygens (including phenoxy) is 1. The highest BCUT2D eigenvalue weighted by molar-refractivity contribution is 7.15. The van der Waals surface area contributed by atoms with Crippen LogP contribution in [-0.4, -0.2) is 21.4 Å². The second kappa shape index (κ2) is 6.70. The number of fused-ring (bicyclic) bond motifs is 1. The maximum atomic E-state index is 5.92. The van der Waals surface area contributed by atoms with Gasteiger partial charge in [0, 0.05) is 23.5 Å². The van der Waals surface area contributed by atoms with Crippen molar-refractivity contribution >= 4 is 27.9 Å². The smallest absolute Gasteiger partial charge is 0.193 e. The number of thiazole rings is 1. The van der Waals surface area contributed by atoms with Gasteiger partial charge < -0.3 is 15.8 Å². The average molecular weight is 329 g/mol. The topological polar surface area (TPSA) is 76.9 Å². The molecule has 0 saturated carbocycles. The Morgan fingerprint density at radius 1 is 1.39 bits per heavy atom.